The first-order chi connectivity index (χ1) is 12.6. The number of anilines is 1. The first-order valence-corrected chi connectivity index (χ1v) is 9.44. The van der Waals surface area contributed by atoms with Crippen molar-refractivity contribution in [3.63, 3.8) is 0 Å². The molecule has 0 fully saturated rings. The minimum atomic E-state index is -0.208. The molecule has 0 saturated carbocycles. The van der Waals surface area contributed by atoms with Gasteiger partial charge in [0.25, 0.3) is 5.91 Å². The van der Waals surface area contributed by atoms with Crippen molar-refractivity contribution < 1.29 is 9.53 Å². The van der Waals surface area contributed by atoms with Gasteiger partial charge in [0.2, 0.25) is 0 Å². The number of carbonyl (C=O) groups is 1. The zero-order valence-electron chi connectivity index (χ0n) is 14.8. The lowest BCUT2D eigenvalue weighted by molar-refractivity contribution is 0.102. The monoisotopic (exact) mass is 365 g/mol. The van der Waals surface area contributed by atoms with Crippen LogP contribution in [0.3, 0.4) is 0 Å². The molecule has 0 spiro atoms. The molecule has 0 unspecified atom stereocenters. The number of fused-ring (bicyclic) bond motifs is 2. The number of carbonyl (C=O) groups excluding carboxylic acids is 1. The molecule has 0 radical (unpaired) electrons. The first kappa shape index (κ1) is 16.7. The fourth-order valence-electron chi connectivity index (χ4n) is 3.67. The molecule has 26 heavy (non-hydrogen) atoms. The van der Waals surface area contributed by atoms with E-state index in [9.17, 15) is 10.1 Å². The van der Waals surface area contributed by atoms with Crippen LogP contribution in [0.5, 0.6) is 5.75 Å². The second-order valence-corrected chi connectivity index (χ2v) is 7.57. The third-order valence-corrected chi connectivity index (χ3v) is 6.22. The van der Waals surface area contributed by atoms with E-state index in [2.05, 4.69) is 11.4 Å². The zero-order valence-corrected chi connectivity index (χ0v) is 15.6. The third-order valence-electron chi connectivity index (χ3n) is 5.01. The lowest BCUT2D eigenvalue weighted by atomic mass is 9.96. The molecule has 0 aliphatic heterocycles. The van der Waals surface area contributed by atoms with Gasteiger partial charge in [0, 0.05) is 17.3 Å². The summed E-state index contributed by atoms with van der Waals surface area (Å²) in [4.78, 5) is 14.1. The third kappa shape index (κ3) is 2.56. The summed E-state index contributed by atoms with van der Waals surface area (Å²) in [5, 5.41) is 14.1. The van der Waals surface area contributed by atoms with Crippen LogP contribution in [0.2, 0.25) is 0 Å². The Morgan fingerprint density at radius 2 is 2.15 bits per heavy atom. The average molecular weight is 365 g/mol. The van der Waals surface area contributed by atoms with E-state index in [1.807, 2.05) is 35.9 Å². The van der Waals surface area contributed by atoms with Crippen LogP contribution in [0.25, 0.3) is 10.9 Å². The predicted octanol–water partition coefficient (Wildman–Crippen LogP) is 4.25. The number of nitriles is 1. The largest absolute Gasteiger partial charge is 0.496 e. The van der Waals surface area contributed by atoms with Crippen LogP contribution in [0.4, 0.5) is 5.00 Å². The van der Waals surface area contributed by atoms with Gasteiger partial charge in [-0.25, -0.2) is 0 Å². The minimum absolute atomic E-state index is 0.208. The number of amides is 1. The summed E-state index contributed by atoms with van der Waals surface area (Å²) in [5.41, 5.74) is 3.23. The molecule has 0 saturated heterocycles. The van der Waals surface area contributed by atoms with E-state index < -0.39 is 0 Å². The second kappa shape index (κ2) is 6.50. The molecule has 4 rings (SSSR count). The molecular formula is C20H19N3O2S. The fourth-order valence-corrected chi connectivity index (χ4v) is 4.90. The van der Waals surface area contributed by atoms with Crippen molar-refractivity contribution in [3.8, 4) is 11.8 Å². The van der Waals surface area contributed by atoms with Crippen LogP contribution in [0, 0.1) is 11.3 Å². The summed E-state index contributed by atoms with van der Waals surface area (Å²) in [5.74, 6) is 0.530. The molecule has 5 nitrogen and oxygen atoms in total. The van der Waals surface area contributed by atoms with Crippen molar-refractivity contribution in [2.45, 2.75) is 25.7 Å². The number of hydrogen-bond acceptors (Lipinski definition) is 4. The normalized spacial score (nSPS) is 13.3. The molecule has 2 heterocycles. The number of nitrogens with zero attached hydrogens (tertiary/aromatic N) is 2. The summed E-state index contributed by atoms with van der Waals surface area (Å²) in [6.07, 6.45) is 4.18. The maximum atomic E-state index is 12.9. The smallest absolute Gasteiger partial charge is 0.272 e. The second-order valence-electron chi connectivity index (χ2n) is 6.46. The van der Waals surface area contributed by atoms with E-state index in [1.54, 1.807) is 18.4 Å². The van der Waals surface area contributed by atoms with Gasteiger partial charge >= 0.3 is 0 Å². The van der Waals surface area contributed by atoms with Crippen molar-refractivity contribution in [2.24, 2.45) is 7.05 Å². The Balaban J connectivity index is 1.72. The molecule has 3 aromatic rings. The van der Waals surface area contributed by atoms with Gasteiger partial charge in [-0.05, 0) is 49.4 Å². The maximum absolute atomic E-state index is 12.9. The van der Waals surface area contributed by atoms with E-state index in [-0.39, 0.29) is 5.91 Å². The van der Waals surface area contributed by atoms with Crippen LogP contribution < -0.4 is 10.1 Å². The van der Waals surface area contributed by atoms with Gasteiger partial charge in [-0.15, -0.1) is 11.3 Å². The lowest BCUT2D eigenvalue weighted by Crippen LogP contribution is -2.15. The number of aryl methyl sites for hydroxylation is 2. The Kier molecular flexibility index (Phi) is 4.17. The van der Waals surface area contributed by atoms with Crippen LogP contribution >= 0.6 is 11.3 Å². The van der Waals surface area contributed by atoms with E-state index in [0.717, 1.165) is 47.9 Å². The lowest BCUT2D eigenvalue weighted by Gasteiger charge is -2.09. The Morgan fingerprint density at radius 1 is 1.35 bits per heavy atom. The molecule has 0 atom stereocenters. The highest BCUT2D eigenvalue weighted by molar-refractivity contribution is 7.16. The molecule has 2 aromatic heterocycles. The van der Waals surface area contributed by atoms with E-state index in [4.69, 9.17) is 4.74 Å². The number of thiophene rings is 1. The van der Waals surface area contributed by atoms with Crippen molar-refractivity contribution >= 4 is 33.1 Å². The van der Waals surface area contributed by atoms with Crippen LogP contribution in [0.15, 0.2) is 24.3 Å². The molecule has 1 aromatic carbocycles. The van der Waals surface area contributed by atoms with Crippen molar-refractivity contribution in [1.29, 1.82) is 5.26 Å². The van der Waals surface area contributed by atoms with Gasteiger partial charge in [0.15, 0.2) is 0 Å². The zero-order chi connectivity index (χ0) is 18.3. The number of hydrogen-bond donors (Lipinski definition) is 1. The Bertz CT molecular complexity index is 1060. The molecule has 1 N–H and O–H groups in total. The molecule has 1 amide bonds. The first-order valence-electron chi connectivity index (χ1n) is 8.62. The van der Waals surface area contributed by atoms with Gasteiger partial charge in [-0.2, -0.15) is 5.26 Å². The molecule has 6 heteroatoms. The number of ether oxygens (including phenoxy) is 1. The fraction of sp³-hybridized carbons (Fsp3) is 0.300. The van der Waals surface area contributed by atoms with E-state index >= 15 is 0 Å². The number of aromatic nitrogens is 1. The number of benzene rings is 1. The van der Waals surface area contributed by atoms with Gasteiger partial charge in [0.05, 0.1) is 18.2 Å². The summed E-state index contributed by atoms with van der Waals surface area (Å²) >= 11 is 1.54. The highest BCUT2D eigenvalue weighted by Gasteiger charge is 2.23. The van der Waals surface area contributed by atoms with Gasteiger partial charge in [-0.1, -0.05) is 6.07 Å². The topological polar surface area (TPSA) is 67.0 Å². The molecule has 132 valence electrons. The number of rotatable bonds is 3. The number of methoxy groups -OCH3 is 1. The average Bonchev–Trinajstić information content (AvgIpc) is 3.18. The van der Waals surface area contributed by atoms with Gasteiger partial charge in [-0.3, -0.25) is 4.79 Å². The maximum Gasteiger partial charge on any atom is 0.272 e. The van der Waals surface area contributed by atoms with Crippen molar-refractivity contribution in [3.05, 3.63) is 46.0 Å². The van der Waals surface area contributed by atoms with Crippen LogP contribution in [-0.4, -0.2) is 17.6 Å². The van der Waals surface area contributed by atoms with E-state index in [0.29, 0.717) is 16.3 Å². The Labute approximate surface area is 155 Å². The SMILES string of the molecule is COc1cccc2c1cc(C(=O)Nc1sc3c(c1C#N)CCCC3)n2C. The molecular weight excluding hydrogens is 346 g/mol. The predicted molar refractivity (Wildman–Crippen MR) is 103 cm³/mol. The molecule has 0 bridgehead atoms. The highest BCUT2D eigenvalue weighted by Crippen LogP contribution is 2.38. The van der Waals surface area contributed by atoms with Crippen LogP contribution in [-0.2, 0) is 19.9 Å². The molecule has 1 aliphatic carbocycles. The Morgan fingerprint density at radius 3 is 2.92 bits per heavy atom. The summed E-state index contributed by atoms with van der Waals surface area (Å²) < 4.78 is 7.25. The quantitative estimate of drug-likeness (QED) is 0.754. The van der Waals surface area contributed by atoms with Gasteiger partial charge < -0.3 is 14.6 Å². The Hall–Kier alpha value is -2.78. The summed E-state index contributed by atoms with van der Waals surface area (Å²) in [7, 11) is 3.48. The number of nitrogens with one attached hydrogen (secondary N) is 1. The summed E-state index contributed by atoms with van der Waals surface area (Å²) in [6.45, 7) is 0. The highest BCUT2D eigenvalue weighted by atomic mass is 32.1. The van der Waals surface area contributed by atoms with Gasteiger partial charge in [0.1, 0.15) is 22.5 Å². The van der Waals surface area contributed by atoms with Crippen molar-refractivity contribution in [2.75, 3.05) is 12.4 Å². The molecule has 1 aliphatic rings. The van der Waals surface area contributed by atoms with E-state index in [1.165, 1.54) is 4.88 Å². The minimum Gasteiger partial charge on any atom is -0.496 e. The summed E-state index contributed by atoms with van der Waals surface area (Å²) in [6, 6.07) is 9.87. The standard InChI is InChI=1S/C20H19N3O2S/c1-23-15-7-5-8-17(25-2)13(15)10-16(23)19(24)22-20-14(11-21)12-6-3-4-9-18(12)26-20/h5,7-8,10H,3-4,6,9H2,1-2H3,(H,22,24). The van der Waals surface area contributed by atoms with Crippen molar-refractivity contribution in [1.82, 2.24) is 4.57 Å². The van der Waals surface area contributed by atoms with Crippen LogP contribution in [0.1, 0.15) is 39.3 Å².